The van der Waals surface area contributed by atoms with Gasteiger partial charge in [0.15, 0.2) is 5.78 Å². The van der Waals surface area contributed by atoms with Crippen molar-refractivity contribution in [1.29, 1.82) is 0 Å². The van der Waals surface area contributed by atoms with E-state index in [2.05, 4.69) is 41.7 Å². The van der Waals surface area contributed by atoms with Crippen LogP contribution in [0.1, 0.15) is 37.4 Å². The van der Waals surface area contributed by atoms with E-state index in [1.54, 1.807) is 109 Å². The number of azo groups is 2. The molecule has 15 nitrogen and oxygen atoms in total. The van der Waals surface area contributed by atoms with Gasteiger partial charge in [-0.15, -0.1) is 10.2 Å². The van der Waals surface area contributed by atoms with Gasteiger partial charge in [0.1, 0.15) is 29.5 Å². The molecular weight excluding hydrogens is 989 g/mol. The number of oxime groups is 1. The van der Waals surface area contributed by atoms with Gasteiger partial charge in [-0.2, -0.15) is 23.4 Å². The third-order valence-corrected chi connectivity index (χ3v) is 11.6. The van der Waals surface area contributed by atoms with E-state index in [-0.39, 0.29) is 46.5 Å². The molecule has 0 aliphatic heterocycles. The number of hydrogen-bond acceptors (Lipinski definition) is 13. The molecule has 0 saturated heterocycles. The molecule has 9 rings (SSSR count). The van der Waals surface area contributed by atoms with Gasteiger partial charge in [-0.1, -0.05) is 95.6 Å². The van der Waals surface area contributed by atoms with Crippen LogP contribution in [0, 0.1) is 0 Å². The van der Waals surface area contributed by atoms with E-state index in [1.165, 1.54) is 30.3 Å². The first-order valence-electron chi connectivity index (χ1n) is 22.5. The van der Waals surface area contributed by atoms with Crippen molar-refractivity contribution in [1.82, 2.24) is 5.32 Å². The molecule has 0 aliphatic rings. The summed E-state index contributed by atoms with van der Waals surface area (Å²) in [6.45, 7) is 0.0342. The highest BCUT2D eigenvalue weighted by atomic mass is 35.5. The number of hydrogen-bond donors (Lipinski definition) is 5. The maximum absolute atomic E-state index is 13.5. The number of nitrogens with zero attached hydrogens (tertiary/aromatic N) is 5. The van der Waals surface area contributed by atoms with E-state index < -0.39 is 23.7 Å². The molecule has 5 N–H and O–H groups in total. The average Bonchev–Trinajstić information content (AvgIpc) is 3.41. The molecule has 75 heavy (non-hydrogen) atoms. The molecule has 3 amide bonds. The molecule has 0 fully saturated rings. The van der Waals surface area contributed by atoms with Gasteiger partial charge in [-0.25, -0.2) is 10.3 Å². The Morgan fingerprint density at radius 1 is 0.587 bits per heavy atom. The SMILES string of the molecule is O=C(NC(=O)c1ccc2c(N=Nc3ccc(-c4ccc(C(=O)c5ccc(N=Nc6c(O)ccc7cc(CON=CONc8cccc(C(F)(F)F)c8)ccc67)cc5)cc4)cc3)c(O)ccc2c1)Nc1cccc(Cl)c1. The summed E-state index contributed by atoms with van der Waals surface area (Å²) in [6, 6.07) is 47.5. The van der Waals surface area contributed by atoms with Gasteiger partial charge in [-0.05, 0) is 131 Å². The Kier molecular flexibility index (Phi) is 14.8. The molecule has 0 radical (unpaired) electrons. The fourth-order valence-electron chi connectivity index (χ4n) is 7.61. The van der Waals surface area contributed by atoms with Crippen LogP contribution in [-0.4, -0.2) is 34.3 Å². The van der Waals surface area contributed by atoms with Gasteiger partial charge in [-0.3, -0.25) is 14.9 Å². The highest BCUT2D eigenvalue weighted by molar-refractivity contribution is 6.31. The number of nitrogens with one attached hydrogen (secondary N) is 3. The monoisotopic (exact) mass is 1030 g/mol. The van der Waals surface area contributed by atoms with Gasteiger partial charge in [0, 0.05) is 38.2 Å². The number of phenols is 2. The number of benzene rings is 9. The number of carbonyl (C=O) groups is 3. The zero-order valence-electron chi connectivity index (χ0n) is 38.8. The van der Waals surface area contributed by atoms with E-state index in [1.807, 2.05) is 30.3 Å². The predicted octanol–water partition coefficient (Wildman–Crippen LogP) is 15.3. The molecule has 9 aromatic carbocycles. The number of urea groups is 1. The second kappa shape index (κ2) is 22.2. The van der Waals surface area contributed by atoms with Crippen LogP contribution < -0.4 is 16.1 Å². The van der Waals surface area contributed by atoms with Crippen LogP contribution in [0.2, 0.25) is 5.02 Å². The second-order valence-corrected chi connectivity index (χ2v) is 16.9. The number of anilines is 2. The summed E-state index contributed by atoms with van der Waals surface area (Å²) >= 11 is 5.97. The first-order chi connectivity index (χ1) is 36.2. The van der Waals surface area contributed by atoms with Gasteiger partial charge in [0.2, 0.25) is 6.40 Å². The molecule has 0 aliphatic carbocycles. The zero-order valence-corrected chi connectivity index (χ0v) is 39.5. The van der Waals surface area contributed by atoms with E-state index >= 15 is 0 Å². The molecule has 0 saturated carbocycles. The largest absolute Gasteiger partial charge is 0.506 e. The van der Waals surface area contributed by atoms with E-state index in [9.17, 15) is 37.8 Å². The molecule has 9 aromatic rings. The average molecular weight is 1030 g/mol. The maximum atomic E-state index is 13.5. The topological polar surface area (TPSA) is 208 Å². The van der Waals surface area contributed by atoms with Crippen molar-refractivity contribution in [3.63, 3.8) is 0 Å². The number of ketones is 1. The lowest BCUT2D eigenvalue weighted by Gasteiger charge is -2.09. The Hall–Kier alpha value is -9.94. The lowest BCUT2D eigenvalue weighted by molar-refractivity contribution is -0.137. The zero-order chi connectivity index (χ0) is 52.5. The summed E-state index contributed by atoms with van der Waals surface area (Å²) in [4.78, 5) is 49.0. The number of rotatable bonds is 15. The molecule has 0 aromatic heterocycles. The van der Waals surface area contributed by atoms with Crippen molar-refractivity contribution in [2.45, 2.75) is 12.8 Å². The van der Waals surface area contributed by atoms with Crippen molar-refractivity contribution >= 4 is 91.4 Å². The summed E-state index contributed by atoms with van der Waals surface area (Å²) in [7, 11) is 0. The number of aromatic hydroxyl groups is 2. The van der Waals surface area contributed by atoms with Crippen molar-refractivity contribution < 1.29 is 47.4 Å². The standard InChI is InChI=1S/C56H38ClF3N8O7/c57-42-4-2-5-45(30-42)62-55(73)63-54(72)40-16-24-48-39(28-40)18-26-50(70)52(48)67-64-43-19-12-35(13-20-43)34-8-10-36(11-9-34)53(71)37-14-21-44(22-15-37)65-66-51-47-23-7-33(27-38(47)17-25-49(51)69)31-74-61-32-75-68-46-6-1-3-41(29-46)56(58,59)60/h1-30,32,68-70H,31H2,(H2,62,63,72,73). The molecule has 0 atom stereocenters. The van der Waals surface area contributed by atoms with Crippen molar-refractivity contribution in [2.75, 3.05) is 10.8 Å². The first-order valence-corrected chi connectivity index (χ1v) is 22.9. The lowest BCUT2D eigenvalue weighted by Crippen LogP contribution is -2.34. The van der Waals surface area contributed by atoms with Crippen LogP contribution in [0.15, 0.2) is 208 Å². The molecule has 0 unspecified atom stereocenters. The van der Waals surface area contributed by atoms with E-state index in [0.29, 0.717) is 49.4 Å². The summed E-state index contributed by atoms with van der Waals surface area (Å²) in [6.07, 6.45) is -3.59. The second-order valence-electron chi connectivity index (χ2n) is 16.5. The summed E-state index contributed by atoms with van der Waals surface area (Å²) in [5, 5.41) is 50.1. The number of amides is 3. The predicted molar refractivity (Wildman–Crippen MR) is 279 cm³/mol. The minimum Gasteiger partial charge on any atom is -0.506 e. The minimum atomic E-state index is -4.49. The van der Waals surface area contributed by atoms with Crippen molar-refractivity contribution in [2.24, 2.45) is 25.6 Å². The first kappa shape index (κ1) is 50.0. The highest BCUT2D eigenvalue weighted by Gasteiger charge is 2.30. The fraction of sp³-hybridized carbons (Fsp3) is 0.0357. The van der Waals surface area contributed by atoms with Crippen molar-refractivity contribution in [3.8, 4) is 22.6 Å². The third-order valence-electron chi connectivity index (χ3n) is 11.4. The number of carbonyl (C=O) groups excluding carboxylic acids is 3. The van der Waals surface area contributed by atoms with E-state index in [0.717, 1.165) is 40.6 Å². The third kappa shape index (κ3) is 12.4. The Bertz CT molecular complexity index is 3710. The molecule has 372 valence electrons. The van der Waals surface area contributed by atoms with Crippen LogP contribution in [-0.2, 0) is 22.5 Å². The summed E-state index contributed by atoms with van der Waals surface area (Å²) < 4.78 is 38.8. The maximum Gasteiger partial charge on any atom is 0.416 e. The van der Waals surface area contributed by atoms with Gasteiger partial charge in [0.25, 0.3) is 5.91 Å². The van der Waals surface area contributed by atoms with Crippen LogP contribution in [0.3, 0.4) is 0 Å². The smallest absolute Gasteiger partial charge is 0.416 e. The number of imide groups is 1. The van der Waals surface area contributed by atoms with Gasteiger partial charge < -0.3 is 25.2 Å². The quantitative estimate of drug-likeness (QED) is 0.0219. The number of alkyl halides is 3. The number of fused-ring (bicyclic) bond motifs is 2. The summed E-state index contributed by atoms with van der Waals surface area (Å²) in [5.41, 5.74) is 6.93. The lowest BCUT2D eigenvalue weighted by atomic mass is 9.99. The van der Waals surface area contributed by atoms with Gasteiger partial charge >= 0.3 is 12.2 Å². The Morgan fingerprint density at radius 3 is 1.79 bits per heavy atom. The van der Waals surface area contributed by atoms with Crippen LogP contribution in [0.25, 0.3) is 32.7 Å². The van der Waals surface area contributed by atoms with Crippen LogP contribution >= 0.6 is 11.6 Å². The van der Waals surface area contributed by atoms with Crippen LogP contribution in [0.5, 0.6) is 11.5 Å². The Balaban J connectivity index is 0.777. The minimum absolute atomic E-state index is 0.0342. The van der Waals surface area contributed by atoms with Gasteiger partial charge in [0.05, 0.1) is 22.6 Å². The summed E-state index contributed by atoms with van der Waals surface area (Å²) in [5.74, 6) is -1.05. The fourth-order valence-corrected chi connectivity index (χ4v) is 7.80. The van der Waals surface area contributed by atoms with Crippen molar-refractivity contribution in [3.05, 3.63) is 215 Å². The van der Waals surface area contributed by atoms with Crippen LogP contribution in [0.4, 0.5) is 52.1 Å². The molecule has 0 heterocycles. The molecular formula is C56H38ClF3N8O7. The number of halogens is 4. The number of phenolic OH excluding ortho intramolecular Hbond substituents is 2. The van der Waals surface area contributed by atoms with E-state index in [4.69, 9.17) is 21.3 Å². The normalized spacial score (nSPS) is 11.6. The highest BCUT2D eigenvalue weighted by Crippen LogP contribution is 2.39. The molecule has 0 bridgehead atoms. The molecule has 19 heteroatoms. The Morgan fingerprint density at radius 2 is 1.15 bits per heavy atom. The molecule has 0 spiro atoms. The Labute approximate surface area is 429 Å².